The highest BCUT2D eigenvalue weighted by molar-refractivity contribution is 5.76. The van der Waals surface area contributed by atoms with E-state index in [9.17, 15) is 4.79 Å². The molecule has 2 heterocycles. The highest BCUT2D eigenvalue weighted by Gasteiger charge is 2.26. The largest absolute Gasteiger partial charge is 0.381 e. The molecule has 21 heavy (non-hydrogen) atoms. The molecule has 0 aromatic rings. The van der Waals surface area contributed by atoms with Gasteiger partial charge in [0, 0.05) is 32.0 Å². The van der Waals surface area contributed by atoms with E-state index in [0.717, 1.165) is 65.0 Å². The van der Waals surface area contributed by atoms with Crippen LogP contribution in [0.4, 0.5) is 0 Å². The van der Waals surface area contributed by atoms with Crippen molar-refractivity contribution < 1.29 is 14.3 Å². The highest BCUT2D eigenvalue weighted by atomic mass is 16.5. The summed E-state index contributed by atoms with van der Waals surface area (Å²) in [5.74, 6) is 1.39. The third-order valence-electron chi connectivity index (χ3n) is 4.94. The van der Waals surface area contributed by atoms with Crippen molar-refractivity contribution in [3.8, 4) is 0 Å². The van der Waals surface area contributed by atoms with E-state index in [1.54, 1.807) is 0 Å². The molecule has 2 atom stereocenters. The first-order valence-corrected chi connectivity index (χ1v) is 8.45. The van der Waals surface area contributed by atoms with Crippen LogP contribution in [0, 0.1) is 11.8 Å². The van der Waals surface area contributed by atoms with Crippen LogP contribution in [0.1, 0.15) is 38.5 Å². The maximum atomic E-state index is 12.3. The van der Waals surface area contributed by atoms with Crippen molar-refractivity contribution in [2.24, 2.45) is 11.8 Å². The second-order valence-electron chi connectivity index (χ2n) is 6.61. The Kier molecular flexibility index (Phi) is 5.31. The molecule has 0 unspecified atom stereocenters. The maximum Gasteiger partial charge on any atom is 0.223 e. The zero-order valence-electron chi connectivity index (χ0n) is 12.8. The van der Waals surface area contributed by atoms with Crippen molar-refractivity contribution in [2.45, 2.75) is 44.6 Å². The van der Waals surface area contributed by atoms with Crippen LogP contribution in [0.5, 0.6) is 0 Å². The van der Waals surface area contributed by atoms with Gasteiger partial charge in [-0.25, -0.2) is 0 Å². The predicted octanol–water partition coefficient (Wildman–Crippen LogP) is 2.39. The van der Waals surface area contributed by atoms with Gasteiger partial charge in [0.25, 0.3) is 0 Å². The molecule has 2 aliphatic heterocycles. The molecular formula is C17H27NO3. The minimum atomic E-state index is 0.328. The van der Waals surface area contributed by atoms with Crippen LogP contribution < -0.4 is 0 Å². The molecule has 0 saturated carbocycles. The lowest BCUT2D eigenvalue weighted by molar-refractivity contribution is -0.134. The predicted molar refractivity (Wildman–Crippen MR) is 81.0 cm³/mol. The first kappa shape index (κ1) is 15.0. The molecule has 0 radical (unpaired) electrons. The molecule has 0 bridgehead atoms. The molecule has 118 valence electrons. The lowest BCUT2D eigenvalue weighted by Crippen LogP contribution is -2.41. The molecule has 3 rings (SSSR count). The van der Waals surface area contributed by atoms with Crippen LogP contribution in [-0.2, 0) is 14.3 Å². The Labute approximate surface area is 127 Å². The van der Waals surface area contributed by atoms with Crippen molar-refractivity contribution >= 4 is 5.91 Å². The van der Waals surface area contributed by atoms with Crippen LogP contribution >= 0.6 is 0 Å². The second-order valence-corrected chi connectivity index (χ2v) is 6.61. The normalized spacial score (nSPS) is 30.2. The highest BCUT2D eigenvalue weighted by Crippen LogP contribution is 2.23. The first-order valence-electron chi connectivity index (χ1n) is 8.45. The summed E-state index contributed by atoms with van der Waals surface area (Å²) in [7, 11) is 0. The van der Waals surface area contributed by atoms with Crippen molar-refractivity contribution in [3.05, 3.63) is 12.2 Å². The number of carbonyl (C=O) groups is 1. The average Bonchev–Trinajstić information content (AvgIpc) is 3.19. The number of carbonyl (C=O) groups excluding carboxylic acids is 1. The number of amides is 1. The molecule has 4 nitrogen and oxygen atoms in total. The van der Waals surface area contributed by atoms with Gasteiger partial charge in [0.1, 0.15) is 0 Å². The van der Waals surface area contributed by atoms with Gasteiger partial charge >= 0.3 is 0 Å². The summed E-state index contributed by atoms with van der Waals surface area (Å²) in [5, 5.41) is 0. The van der Waals surface area contributed by atoms with E-state index in [1.165, 1.54) is 0 Å². The molecule has 1 aliphatic carbocycles. The molecule has 2 saturated heterocycles. The summed E-state index contributed by atoms with van der Waals surface area (Å²) in [6.07, 6.45) is 10.8. The van der Waals surface area contributed by atoms with Gasteiger partial charge in [-0.15, -0.1) is 0 Å². The molecule has 2 fully saturated rings. The number of piperidine rings is 1. The van der Waals surface area contributed by atoms with Crippen molar-refractivity contribution in [3.63, 3.8) is 0 Å². The summed E-state index contributed by atoms with van der Waals surface area (Å²) in [6, 6.07) is 0. The van der Waals surface area contributed by atoms with Crippen molar-refractivity contribution in [1.82, 2.24) is 4.90 Å². The summed E-state index contributed by atoms with van der Waals surface area (Å²) in [4.78, 5) is 14.3. The van der Waals surface area contributed by atoms with Crippen molar-refractivity contribution in [2.75, 3.05) is 32.9 Å². The Morgan fingerprint density at radius 1 is 1.24 bits per heavy atom. The van der Waals surface area contributed by atoms with E-state index in [1.807, 2.05) is 4.90 Å². The Morgan fingerprint density at radius 3 is 2.76 bits per heavy atom. The number of likely N-dealkylation sites (tertiary alicyclic amines) is 1. The van der Waals surface area contributed by atoms with E-state index in [4.69, 9.17) is 9.47 Å². The fourth-order valence-corrected chi connectivity index (χ4v) is 3.48. The summed E-state index contributed by atoms with van der Waals surface area (Å²) in [5.41, 5.74) is 0. The Bertz CT molecular complexity index is 368. The minimum absolute atomic E-state index is 0.328. The fraction of sp³-hybridized carbons (Fsp3) is 0.824. The van der Waals surface area contributed by atoms with Crippen LogP contribution in [0.25, 0.3) is 0 Å². The standard InChI is InChI=1S/C17H27NO3/c19-17(11-14-3-1-2-4-14)18-8-5-16(6-9-18)21-13-15-7-10-20-12-15/h1,3,14-16H,2,4-13H2/t14-,15+/m0/s1. The molecule has 0 spiro atoms. The van der Waals surface area contributed by atoms with Gasteiger partial charge in [0.05, 0.1) is 19.3 Å². The number of rotatable bonds is 5. The number of hydrogen-bond donors (Lipinski definition) is 0. The van der Waals surface area contributed by atoms with Crippen LogP contribution in [0.2, 0.25) is 0 Å². The van der Waals surface area contributed by atoms with Crippen LogP contribution in [-0.4, -0.2) is 49.8 Å². The smallest absolute Gasteiger partial charge is 0.223 e. The minimum Gasteiger partial charge on any atom is -0.381 e. The molecular weight excluding hydrogens is 266 g/mol. The average molecular weight is 293 g/mol. The van der Waals surface area contributed by atoms with Gasteiger partial charge in [-0.3, -0.25) is 4.79 Å². The lowest BCUT2D eigenvalue weighted by Gasteiger charge is -2.33. The molecule has 3 aliphatic rings. The fourth-order valence-electron chi connectivity index (χ4n) is 3.48. The maximum absolute atomic E-state index is 12.3. The Hall–Kier alpha value is -0.870. The zero-order chi connectivity index (χ0) is 14.5. The summed E-state index contributed by atoms with van der Waals surface area (Å²) in [6.45, 7) is 4.29. The van der Waals surface area contributed by atoms with Crippen LogP contribution in [0.15, 0.2) is 12.2 Å². The summed E-state index contributed by atoms with van der Waals surface area (Å²) >= 11 is 0. The number of allylic oxidation sites excluding steroid dienone is 2. The number of nitrogens with zero attached hydrogens (tertiary/aromatic N) is 1. The molecule has 0 aromatic carbocycles. The Morgan fingerprint density at radius 2 is 2.10 bits per heavy atom. The van der Waals surface area contributed by atoms with Gasteiger partial charge in [-0.05, 0) is 38.0 Å². The second kappa shape index (κ2) is 7.41. The van der Waals surface area contributed by atoms with Gasteiger partial charge in [-0.1, -0.05) is 12.2 Å². The van der Waals surface area contributed by atoms with Crippen molar-refractivity contribution in [1.29, 1.82) is 0 Å². The monoisotopic (exact) mass is 293 g/mol. The van der Waals surface area contributed by atoms with Crippen LogP contribution in [0.3, 0.4) is 0 Å². The quantitative estimate of drug-likeness (QED) is 0.731. The van der Waals surface area contributed by atoms with Gasteiger partial charge in [0.15, 0.2) is 0 Å². The number of hydrogen-bond acceptors (Lipinski definition) is 3. The lowest BCUT2D eigenvalue weighted by atomic mass is 10.0. The first-order chi connectivity index (χ1) is 10.3. The molecule has 1 amide bonds. The van der Waals surface area contributed by atoms with Gasteiger partial charge in [0.2, 0.25) is 5.91 Å². The molecule has 4 heteroatoms. The van der Waals surface area contributed by atoms with E-state index >= 15 is 0 Å². The topological polar surface area (TPSA) is 38.8 Å². The zero-order valence-corrected chi connectivity index (χ0v) is 12.8. The van der Waals surface area contributed by atoms with E-state index in [0.29, 0.717) is 30.3 Å². The summed E-state index contributed by atoms with van der Waals surface area (Å²) < 4.78 is 11.4. The Balaban J connectivity index is 1.34. The SMILES string of the molecule is O=C(C[C@H]1C=CCC1)N1CCC(OC[C@@H]2CCOC2)CC1. The van der Waals surface area contributed by atoms with E-state index in [2.05, 4.69) is 12.2 Å². The van der Waals surface area contributed by atoms with E-state index in [-0.39, 0.29) is 0 Å². The van der Waals surface area contributed by atoms with Gasteiger partial charge in [-0.2, -0.15) is 0 Å². The third kappa shape index (κ3) is 4.30. The van der Waals surface area contributed by atoms with Gasteiger partial charge < -0.3 is 14.4 Å². The number of ether oxygens (including phenoxy) is 2. The van der Waals surface area contributed by atoms with E-state index < -0.39 is 0 Å². The molecule has 0 aromatic heterocycles. The molecule has 0 N–H and O–H groups in total. The third-order valence-corrected chi connectivity index (χ3v) is 4.94.